The van der Waals surface area contributed by atoms with Gasteiger partial charge >= 0.3 is 18.9 Å². The smallest absolute Gasteiger partial charge is 0.373 e. The van der Waals surface area contributed by atoms with Crippen molar-refractivity contribution in [1.29, 1.82) is 0 Å². The van der Waals surface area contributed by atoms with Crippen molar-refractivity contribution in [2.24, 2.45) is 5.92 Å². The molecule has 2 aromatic rings. The van der Waals surface area contributed by atoms with Crippen molar-refractivity contribution >= 4 is 11.4 Å². The fourth-order valence-electron chi connectivity index (χ4n) is 3.82. The van der Waals surface area contributed by atoms with Crippen LogP contribution in [0.3, 0.4) is 0 Å². The predicted octanol–water partition coefficient (Wildman–Crippen LogP) is 3.79. The zero-order chi connectivity index (χ0) is 20.5. The maximum Gasteiger partial charge on any atom is 1.00 e. The van der Waals surface area contributed by atoms with Crippen LogP contribution in [0.15, 0.2) is 48.5 Å². The second-order valence-electron chi connectivity index (χ2n) is 7.63. The molecular weight excluding hydrogens is 347 g/mol. The molecule has 0 heterocycles. The van der Waals surface area contributed by atoms with Gasteiger partial charge in [0.2, 0.25) is 0 Å². The Morgan fingerprint density at radius 1 is 0.655 bits per heavy atom. The minimum atomic E-state index is 0. The monoisotopic (exact) mass is 386 g/mol. The minimum absolute atomic E-state index is 0. The van der Waals surface area contributed by atoms with E-state index in [0.29, 0.717) is 5.92 Å². The summed E-state index contributed by atoms with van der Waals surface area (Å²) in [5.74, 6) is 2.14. The quantitative estimate of drug-likeness (QED) is 0.428. The Labute approximate surface area is 191 Å². The van der Waals surface area contributed by atoms with Crippen LogP contribution in [0.25, 0.3) is 0 Å². The van der Waals surface area contributed by atoms with Crippen molar-refractivity contribution in [3.63, 3.8) is 0 Å². The van der Waals surface area contributed by atoms with E-state index in [1.807, 2.05) is 0 Å². The van der Waals surface area contributed by atoms with Gasteiger partial charge in [0.1, 0.15) is 0 Å². The van der Waals surface area contributed by atoms with Crippen LogP contribution < -0.4 is 28.7 Å². The van der Waals surface area contributed by atoms with Gasteiger partial charge in [0.25, 0.3) is 0 Å². The fraction of sp³-hybridized carbons (Fsp3) is 0.500. The molecule has 1 unspecified atom stereocenters. The average molecular weight is 387 g/mol. The first-order valence-electron chi connectivity index (χ1n) is 11.1. The molecule has 154 valence electrons. The first kappa shape index (κ1) is 25.5. The van der Waals surface area contributed by atoms with Crippen molar-refractivity contribution in [3.05, 3.63) is 65.6 Å². The van der Waals surface area contributed by atoms with Crippen LogP contribution in [0.2, 0.25) is 0 Å². The van der Waals surface area contributed by atoms with E-state index in [-0.39, 0.29) is 18.9 Å². The predicted molar refractivity (Wildman–Crippen MR) is 126 cm³/mol. The topological polar surface area (TPSA) is 6.48 Å². The van der Waals surface area contributed by atoms with Gasteiger partial charge in [-0.05, 0) is 33.6 Å². The summed E-state index contributed by atoms with van der Waals surface area (Å²) in [7, 11) is 0. The molecular formula is C26H39LiN2. The van der Waals surface area contributed by atoms with E-state index in [4.69, 9.17) is 0 Å². The Hall–Kier alpha value is -1.49. The van der Waals surface area contributed by atoms with Gasteiger partial charge in [-0.25, -0.2) is 0 Å². The van der Waals surface area contributed by atoms with Crippen LogP contribution >= 0.6 is 0 Å². The van der Waals surface area contributed by atoms with Crippen molar-refractivity contribution < 1.29 is 18.9 Å². The molecule has 0 amide bonds. The molecule has 0 aliphatic heterocycles. The SMILES string of the molecule is CCC(C)C[C-](c1ccc(N(CC)CC)cc1)c1ccc(N(CC)CC)cc1.[Li+]. The molecule has 0 fully saturated rings. The van der Waals surface area contributed by atoms with Gasteiger partial charge in [-0.2, -0.15) is 0 Å². The molecule has 0 spiro atoms. The minimum Gasteiger partial charge on any atom is -0.373 e. The van der Waals surface area contributed by atoms with Crippen LogP contribution in [0.1, 0.15) is 65.5 Å². The summed E-state index contributed by atoms with van der Waals surface area (Å²) in [4.78, 5) is 4.80. The van der Waals surface area contributed by atoms with Gasteiger partial charge in [0.15, 0.2) is 0 Å². The van der Waals surface area contributed by atoms with E-state index in [0.717, 1.165) is 32.6 Å². The number of hydrogen-bond acceptors (Lipinski definition) is 2. The van der Waals surface area contributed by atoms with Crippen LogP contribution in [0.5, 0.6) is 0 Å². The summed E-state index contributed by atoms with van der Waals surface area (Å²) in [6, 6.07) is 18.4. The molecule has 0 aromatic heterocycles. The van der Waals surface area contributed by atoms with E-state index in [1.165, 1.54) is 34.8 Å². The molecule has 0 aliphatic carbocycles. The second kappa shape index (κ2) is 12.9. The Morgan fingerprint density at radius 2 is 1.00 bits per heavy atom. The Bertz CT molecular complexity index is 617. The number of benzene rings is 2. The van der Waals surface area contributed by atoms with Crippen molar-refractivity contribution in [1.82, 2.24) is 0 Å². The maximum absolute atomic E-state index is 2.40. The molecule has 2 nitrogen and oxygen atoms in total. The first-order chi connectivity index (χ1) is 13.6. The third kappa shape index (κ3) is 6.77. The van der Waals surface area contributed by atoms with E-state index >= 15 is 0 Å². The third-order valence-corrected chi connectivity index (χ3v) is 5.94. The first-order valence-corrected chi connectivity index (χ1v) is 11.1. The Morgan fingerprint density at radius 3 is 1.28 bits per heavy atom. The number of hydrogen-bond donors (Lipinski definition) is 0. The van der Waals surface area contributed by atoms with Crippen LogP contribution in [-0.4, -0.2) is 26.2 Å². The molecule has 0 aliphatic rings. The molecule has 0 bridgehead atoms. The van der Waals surface area contributed by atoms with Crippen LogP contribution in [0, 0.1) is 11.8 Å². The number of rotatable bonds is 11. The Balaban J connectivity index is 0.00000420. The van der Waals surface area contributed by atoms with E-state index in [2.05, 4.69) is 99.9 Å². The molecule has 29 heavy (non-hydrogen) atoms. The summed E-state index contributed by atoms with van der Waals surface area (Å²) in [5.41, 5.74) is 5.33. The van der Waals surface area contributed by atoms with Gasteiger partial charge < -0.3 is 9.80 Å². The average Bonchev–Trinajstić information content (AvgIpc) is 2.75. The zero-order valence-corrected chi connectivity index (χ0v) is 19.8. The van der Waals surface area contributed by atoms with Crippen molar-refractivity contribution in [2.75, 3.05) is 36.0 Å². The third-order valence-electron chi connectivity index (χ3n) is 5.94. The van der Waals surface area contributed by atoms with Gasteiger partial charge in [-0.1, -0.05) is 51.0 Å². The zero-order valence-electron chi connectivity index (χ0n) is 19.8. The second-order valence-corrected chi connectivity index (χ2v) is 7.63. The van der Waals surface area contributed by atoms with Gasteiger partial charge in [0.05, 0.1) is 0 Å². The maximum atomic E-state index is 2.40. The molecule has 3 heteroatoms. The molecule has 1 atom stereocenters. The fourth-order valence-corrected chi connectivity index (χ4v) is 3.82. The summed E-state index contributed by atoms with van der Waals surface area (Å²) >= 11 is 0. The number of anilines is 2. The van der Waals surface area contributed by atoms with Crippen LogP contribution in [0.4, 0.5) is 11.4 Å². The van der Waals surface area contributed by atoms with Gasteiger partial charge in [-0.3, -0.25) is 0 Å². The molecule has 0 saturated carbocycles. The summed E-state index contributed by atoms with van der Waals surface area (Å²) < 4.78 is 0. The summed E-state index contributed by atoms with van der Waals surface area (Å²) in [5, 5.41) is 0. The van der Waals surface area contributed by atoms with E-state index < -0.39 is 0 Å². The molecule has 0 radical (unpaired) electrons. The Kier molecular flexibility index (Phi) is 11.4. The number of nitrogens with zero attached hydrogens (tertiary/aromatic N) is 2. The summed E-state index contributed by atoms with van der Waals surface area (Å²) in [6.07, 6.45) is 2.32. The standard InChI is InChI=1S/C26H39N2.Li/c1-7-21(6)20-26(22-12-16-24(17-13-22)27(8-2)9-3)23-14-18-25(19-15-23)28(10-4)11-5;/h12-19,21H,7-11,20H2,1-6H3;/q-1;+1. The van der Waals surface area contributed by atoms with Crippen LogP contribution in [-0.2, 0) is 0 Å². The van der Waals surface area contributed by atoms with Gasteiger partial charge in [-0.15, -0.1) is 41.3 Å². The molecule has 2 aromatic carbocycles. The summed E-state index contributed by atoms with van der Waals surface area (Å²) in [6.45, 7) is 17.7. The molecule has 0 N–H and O–H groups in total. The van der Waals surface area contributed by atoms with E-state index in [9.17, 15) is 0 Å². The largest absolute Gasteiger partial charge is 1.00 e. The van der Waals surface area contributed by atoms with E-state index in [1.54, 1.807) is 0 Å². The molecule has 0 saturated heterocycles. The van der Waals surface area contributed by atoms with Crippen molar-refractivity contribution in [2.45, 2.75) is 54.4 Å². The van der Waals surface area contributed by atoms with Crippen molar-refractivity contribution in [3.8, 4) is 0 Å². The van der Waals surface area contributed by atoms with Gasteiger partial charge in [0, 0.05) is 37.6 Å². The normalized spacial score (nSPS) is 11.5. The molecule has 2 rings (SSSR count).